The quantitative estimate of drug-likeness (QED) is 0.770. The van der Waals surface area contributed by atoms with E-state index in [0.717, 1.165) is 5.56 Å². The van der Waals surface area contributed by atoms with E-state index in [1.165, 1.54) is 12.1 Å². The molecule has 0 aliphatic heterocycles. The molecule has 0 saturated heterocycles. The molecule has 5 heteroatoms. The van der Waals surface area contributed by atoms with Crippen LogP contribution in [0.5, 0.6) is 0 Å². The molecule has 19 heavy (non-hydrogen) atoms. The number of hydrogen-bond acceptors (Lipinski definition) is 4. The first-order chi connectivity index (χ1) is 8.91. The summed E-state index contributed by atoms with van der Waals surface area (Å²) in [6.07, 6.45) is 0.474. The molecule has 0 saturated carbocycles. The third-order valence-electron chi connectivity index (χ3n) is 2.96. The Balaban J connectivity index is 2.37. The molecular weight excluding hydrogens is 247 g/mol. The van der Waals surface area contributed by atoms with Crippen LogP contribution in [0.25, 0.3) is 0 Å². The van der Waals surface area contributed by atoms with E-state index in [1.54, 1.807) is 12.1 Å². The highest BCUT2D eigenvalue weighted by atomic mass is 19.1. The van der Waals surface area contributed by atoms with Gasteiger partial charge < -0.3 is 16.2 Å². The maximum absolute atomic E-state index is 12.7. The first kappa shape index (κ1) is 15.6. The molecule has 0 heterocycles. The van der Waals surface area contributed by atoms with Crippen LogP contribution in [-0.4, -0.2) is 18.6 Å². The number of nitrogens with two attached hydrogens (primary N) is 2. The van der Waals surface area contributed by atoms with E-state index >= 15 is 0 Å². The van der Waals surface area contributed by atoms with Crippen molar-refractivity contribution in [2.24, 2.45) is 17.4 Å². The third kappa shape index (κ3) is 4.96. The molecule has 2 atom stereocenters. The Labute approximate surface area is 112 Å². The molecule has 1 aromatic rings. The van der Waals surface area contributed by atoms with E-state index in [4.69, 9.17) is 16.2 Å². The topological polar surface area (TPSA) is 78.3 Å². The summed E-state index contributed by atoms with van der Waals surface area (Å²) in [5.41, 5.74) is 12.4. The maximum Gasteiger partial charge on any atom is 0.323 e. The highest BCUT2D eigenvalue weighted by Crippen LogP contribution is 2.14. The second-order valence-electron chi connectivity index (χ2n) is 4.88. The summed E-state index contributed by atoms with van der Waals surface area (Å²) < 4.78 is 17.8. The van der Waals surface area contributed by atoms with Gasteiger partial charge in [-0.15, -0.1) is 0 Å². The van der Waals surface area contributed by atoms with Gasteiger partial charge in [-0.1, -0.05) is 26.0 Å². The number of benzene rings is 1. The Kier molecular flexibility index (Phi) is 5.92. The van der Waals surface area contributed by atoms with Crippen molar-refractivity contribution >= 4 is 5.97 Å². The molecule has 4 N–H and O–H groups in total. The van der Waals surface area contributed by atoms with Gasteiger partial charge in [0.1, 0.15) is 11.9 Å². The fraction of sp³-hybridized carbons (Fsp3) is 0.500. The van der Waals surface area contributed by atoms with Gasteiger partial charge in [0.15, 0.2) is 0 Å². The molecule has 0 aromatic heterocycles. The second kappa shape index (κ2) is 7.21. The zero-order valence-corrected chi connectivity index (χ0v) is 11.3. The van der Waals surface area contributed by atoms with Crippen LogP contribution < -0.4 is 11.5 Å². The van der Waals surface area contributed by atoms with E-state index in [1.807, 2.05) is 13.8 Å². The van der Waals surface area contributed by atoms with E-state index < -0.39 is 12.0 Å². The SMILES string of the molecule is CC(C)[C@H](N)C(=O)OCC[C@H](N)c1ccc(F)cc1. The predicted octanol–water partition coefficient (Wildman–Crippen LogP) is 1.74. The van der Waals surface area contributed by atoms with Crippen LogP contribution in [0, 0.1) is 11.7 Å². The summed E-state index contributed by atoms with van der Waals surface area (Å²) in [5.74, 6) is -0.676. The number of ether oxygens (including phenoxy) is 1. The summed E-state index contributed by atoms with van der Waals surface area (Å²) in [6, 6.07) is 5.07. The van der Waals surface area contributed by atoms with Crippen molar-refractivity contribution in [1.82, 2.24) is 0 Å². The monoisotopic (exact) mass is 268 g/mol. The molecule has 0 fully saturated rings. The third-order valence-corrected chi connectivity index (χ3v) is 2.96. The summed E-state index contributed by atoms with van der Waals surface area (Å²) in [4.78, 5) is 11.5. The lowest BCUT2D eigenvalue weighted by atomic mass is 10.0. The van der Waals surface area contributed by atoms with Crippen molar-refractivity contribution in [3.05, 3.63) is 35.6 Å². The molecule has 0 aliphatic carbocycles. The van der Waals surface area contributed by atoms with Crippen LogP contribution in [0.4, 0.5) is 4.39 Å². The molecule has 0 radical (unpaired) electrons. The van der Waals surface area contributed by atoms with Crippen molar-refractivity contribution < 1.29 is 13.9 Å². The number of hydrogen-bond donors (Lipinski definition) is 2. The minimum absolute atomic E-state index is 0.0401. The highest BCUT2D eigenvalue weighted by Gasteiger charge is 2.18. The highest BCUT2D eigenvalue weighted by molar-refractivity contribution is 5.75. The van der Waals surface area contributed by atoms with E-state index in [9.17, 15) is 9.18 Å². The molecular formula is C14H21FN2O2. The van der Waals surface area contributed by atoms with Crippen molar-refractivity contribution in [1.29, 1.82) is 0 Å². The number of esters is 1. The number of halogens is 1. The average Bonchev–Trinajstić information content (AvgIpc) is 2.38. The summed E-state index contributed by atoms with van der Waals surface area (Å²) in [6.45, 7) is 3.92. The molecule has 0 spiro atoms. The minimum atomic E-state index is -0.609. The van der Waals surface area contributed by atoms with Gasteiger partial charge in [-0.25, -0.2) is 4.39 Å². The first-order valence-corrected chi connectivity index (χ1v) is 6.35. The largest absolute Gasteiger partial charge is 0.464 e. The Morgan fingerprint density at radius 1 is 1.26 bits per heavy atom. The fourth-order valence-corrected chi connectivity index (χ4v) is 1.53. The summed E-state index contributed by atoms with van der Waals surface area (Å²) in [5, 5.41) is 0. The van der Waals surface area contributed by atoms with Crippen LogP contribution in [0.3, 0.4) is 0 Å². The van der Waals surface area contributed by atoms with E-state index in [2.05, 4.69) is 0 Å². The summed E-state index contributed by atoms with van der Waals surface area (Å²) in [7, 11) is 0. The maximum atomic E-state index is 12.7. The lowest BCUT2D eigenvalue weighted by Gasteiger charge is -2.16. The molecule has 0 unspecified atom stereocenters. The van der Waals surface area contributed by atoms with Gasteiger partial charge in [0.2, 0.25) is 0 Å². The smallest absolute Gasteiger partial charge is 0.323 e. The Morgan fingerprint density at radius 3 is 2.37 bits per heavy atom. The van der Waals surface area contributed by atoms with Crippen LogP contribution in [0.2, 0.25) is 0 Å². The van der Waals surface area contributed by atoms with Crippen LogP contribution >= 0.6 is 0 Å². The molecule has 1 rings (SSSR count). The van der Waals surface area contributed by atoms with Crippen LogP contribution in [0.1, 0.15) is 31.9 Å². The average molecular weight is 268 g/mol. The standard InChI is InChI=1S/C14H21FN2O2/c1-9(2)13(17)14(18)19-8-7-12(16)10-3-5-11(15)6-4-10/h3-6,9,12-13H,7-8,16-17H2,1-2H3/t12-,13-/m0/s1. The number of carbonyl (C=O) groups excluding carboxylic acids is 1. The van der Waals surface area contributed by atoms with Gasteiger partial charge in [-0.05, 0) is 23.6 Å². The Morgan fingerprint density at radius 2 is 1.84 bits per heavy atom. The van der Waals surface area contributed by atoms with Crippen LogP contribution in [0.15, 0.2) is 24.3 Å². The second-order valence-corrected chi connectivity index (χ2v) is 4.88. The van der Waals surface area contributed by atoms with Crippen molar-refractivity contribution in [3.63, 3.8) is 0 Å². The van der Waals surface area contributed by atoms with Crippen LogP contribution in [-0.2, 0) is 9.53 Å². The van der Waals surface area contributed by atoms with E-state index in [0.29, 0.717) is 6.42 Å². The predicted molar refractivity (Wildman–Crippen MR) is 71.7 cm³/mol. The molecule has 0 aliphatic rings. The fourth-order valence-electron chi connectivity index (χ4n) is 1.53. The number of carbonyl (C=O) groups is 1. The lowest BCUT2D eigenvalue weighted by Crippen LogP contribution is -2.37. The van der Waals surface area contributed by atoms with Crippen molar-refractivity contribution in [2.45, 2.75) is 32.4 Å². The summed E-state index contributed by atoms with van der Waals surface area (Å²) >= 11 is 0. The van der Waals surface area contributed by atoms with Crippen molar-refractivity contribution in [3.8, 4) is 0 Å². The van der Waals surface area contributed by atoms with Gasteiger partial charge in [-0.3, -0.25) is 4.79 Å². The normalized spacial score (nSPS) is 14.2. The van der Waals surface area contributed by atoms with Crippen molar-refractivity contribution in [2.75, 3.05) is 6.61 Å². The molecule has 106 valence electrons. The minimum Gasteiger partial charge on any atom is -0.464 e. The van der Waals surface area contributed by atoms with Gasteiger partial charge in [-0.2, -0.15) is 0 Å². The van der Waals surface area contributed by atoms with E-state index in [-0.39, 0.29) is 24.4 Å². The Bertz CT molecular complexity index is 406. The van der Waals surface area contributed by atoms with Gasteiger partial charge in [0.25, 0.3) is 0 Å². The lowest BCUT2D eigenvalue weighted by molar-refractivity contribution is -0.146. The zero-order chi connectivity index (χ0) is 14.4. The molecule has 0 amide bonds. The molecule has 4 nitrogen and oxygen atoms in total. The number of rotatable bonds is 6. The molecule has 0 bridgehead atoms. The van der Waals surface area contributed by atoms with Gasteiger partial charge in [0, 0.05) is 12.5 Å². The zero-order valence-electron chi connectivity index (χ0n) is 11.3. The van der Waals surface area contributed by atoms with Gasteiger partial charge in [0.05, 0.1) is 6.61 Å². The first-order valence-electron chi connectivity index (χ1n) is 6.35. The van der Waals surface area contributed by atoms with Gasteiger partial charge >= 0.3 is 5.97 Å². The Hall–Kier alpha value is -1.46. The molecule has 1 aromatic carbocycles.